The Kier molecular flexibility index (Phi) is 7.25. The van der Waals surface area contributed by atoms with E-state index in [0.29, 0.717) is 17.0 Å². The number of carboxylic acid groups (broad SMARTS) is 2. The molecule has 2 N–H and O–H groups in total. The van der Waals surface area contributed by atoms with Gasteiger partial charge in [0.1, 0.15) is 5.75 Å². The normalized spacial score (nSPS) is 10.3. The molecule has 0 radical (unpaired) electrons. The predicted octanol–water partition coefficient (Wildman–Crippen LogP) is 3.45. The van der Waals surface area contributed by atoms with Crippen LogP contribution in [0.1, 0.15) is 5.56 Å². The molecule has 0 saturated carbocycles. The molecule has 23 heavy (non-hydrogen) atoms. The highest BCUT2D eigenvalue weighted by Gasteiger charge is 2.23. The summed E-state index contributed by atoms with van der Waals surface area (Å²) in [7, 11) is 1.42. The Morgan fingerprint density at radius 3 is 2.04 bits per heavy atom. The minimum absolute atomic E-state index is 0.0404. The smallest absolute Gasteiger partial charge is 0.411 e. The van der Waals surface area contributed by atoms with Crippen molar-refractivity contribution < 1.29 is 24.5 Å². The van der Waals surface area contributed by atoms with E-state index >= 15 is 0 Å². The molecule has 9 heteroatoms. The summed E-state index contributed by atoms with van der Waals surface area (Å²) in [5, 5.41) is 18.7. The van der Waals surface area contributed by atoms with E-state index in [9.17, 15) is 19.8 Å². The lowest BCUT2D eigenvalue weighted by Crippen LogP contribution is -2.33. The van der Waals surface area contributed by atoms with Crippen LogP contribution in [0.15, 0.2) is 12.1 Å². The Bertz CT molecular complexity index is 583. The van der Waals surface area contributed by atoms with Gasteiger partial charge >= 0.3 is 12.2 Å². The lowest BCUT2D eigenvalue weighted by Gasteiger charge is -2.25. The van der Waals surface area contributed by atoms with Gasteiger partial charge in [-0.15, -0.1) is 23.2 Å². The van der Waals surface area contributed by atoms with E-state index in [1.807, 2.05) is 0 Å². The van der Waals surface area contributed by atoms with Crippen molar-refractivity contribution in [2.24, 2.45) is 0 Å². The van der Waals surface area contributed by atoms with E-state index in [2.05, 4.69) is 0 Å². The average molecular weight is 365 g/mol. The van der Waals surface area contributed by atoms with Crippen molar-refractivity contribution in [2.45, 2.75) is 6.92 Å². The summed E-state index contributed by atoms with van der Waals surface area (Å²) in [4.78, 5) is 24.9. The van der Waals surface area contributed by atoms with Crippen molar-refractivity contribution in [3.63, 3.8) is 0 Å². The van der Waals surface area contributed by atoms with Crippen LogP contribution in [0.3, 0.4) is 0 Å². The Hall–Kier alpha value is -1.86. The van der Waals surface area contributed by atoms with Gasteiger partial charge < -0.3 is 14.9 Å². The van der Waals surface area contributed by atoms with Crippen molar-refractivity contribution in [1.29, 1.82) is 0 Å². The van der Waals surface area contributed by atoms with Gasteiger partial charge in [-0.25, -0.2) is 9.59 Å². The second kappa shape index (κ2) is 8.69. The van der Waals surface area contributed by atoms with Gasteiger partial charge in [-0.2, -0.15) is 0 Å². The van der Waals surface area contributed by atoms with Crippen LogP contribution in [0.5, 0.6) is 5.75 Å². The van der Waals surface area contributed by atoms with Crippen LogP contribution in [0.4, 0.5) is 21.0 Å². The number of amides is 2. The molecule has 0 fully saturated rings. The molecule has 0 aliphatic carbocycles. The highest BCUT2D eigenvalue weighted by atomic mass is 35.5. The Morgan fingerprint density at radius 1 is 1.09 bits per heavy atom. The molecule has 1 aromatic rings. The molecule has 7 nitrogen and oxygen atoms in total. The van der Waals surface area contributed by atoms with Gasteiger partial charge in [-0.1, -0.05) is 0 Å². The second-order valence-electron chi connectivity index (χ2n) is 4.56. The number of hydrogen-bond donors (Lipinski definition) is 2. The largest absolute Gasteiger partial charge is 0.494 e. The first-order valence-electron chi connectivity index (χ1n) is 6.68. The van der Waals surface area contributed by atoms with E-state index in [1.54, 1.807) is 13.0 Å². The summed E-state index contributed by atoms with van der Waals surface area (Å²) in [6.45, 7) is 1.82. The molecule has 128 valence electrons. The zero-order valence-electron chi connectivity index (χ0n) is 12.8. The van der Waals surface area contributed by atoms with E-state index in [4.69, 9.17) is 27.9 Å². The Labute approximate surface area is 144 Å². The van der Waals surface area contributed by atoms with Crippen LogP contribution in [0.2, 0.25) is 0 Å². The Morgan fingerprint density at radius 2 is 1.61 bits per heavy atom. The van der Waals surface area contributed by atoms with Gasteiger partial charge in [0, 0.05) is 30.5 Å². The van der Waals surface area contributed by atoms with Gasteiger partial charge in [0.2, 0.25) is 0 Å². The van der Waals surface area contributed by atoms with Gasteiger partial charge in [-0.05, 0) is 24.6 Å². The molecule has 0 aliphatic rings. The number of nitrogens with zero attached hydrogens (tertiary/aromatic N) is 2. The first-order chi connectivity index (χ1) is 10.9. The summed E-state index contributed by atoms with van der Waals surface area (Å²) in [6, 6.07) is 3.04. The number of rotatable bonds is 7. The number of benzene rings is 1. The van der Waals surface area contributed by atoms with Crippen LogP contribution in [-0.2, 0) is 0 Å². The number of aryl methyl sites for hydroxylation is 1. The van der Waals surface area contributed by atoms with Crippen molar-refractivity contribution in [2.75, 3.05) is 41.8 Å². The first kappa shape index (κ1) is 19.2. The van der Waals surface area contributed by atoms with E-state index in [0.717, 1.165) is 9.80 Å². The maximum atomic E-state index is 11.5. The fourth-order valence-electron chi connectivity index (χ4n) is 2.18. The second-order valence-corrected chi connectivity index (χ2v) is 5.32. The monoisotopic (exact) mass is 364 g/mol. The van der Waals surface area contributed by atoms with E-state index in [1.165, 1.54) is 13.2 Å². The highest BCUT2D eigenvalue weighted by Crippen LogP contribution is 2.36. The molecule has 0 bridgehead atoms. The number of hydrogen-bond acceptors (Lipinski definition) is 3. The number of alkyl halides is 2. The molecule has 0 spiro atoms. The van der Waals surface area contributed by atoms with Crippen LogP contribution in [0.25, 0.3) is 0 Å². The van der Waals surface area contributed by atoms with E-state index < -0.39 is 12.2 Å². The topological polar surface area (TPSA) is 90.3 Å². The third-order valence-corrected chi connectivity index (χ3v) is 3.46. The van der Waals surface area contributed by atoms with Crippen molar-refractivity contribution in [3.8, 4) is 5.75 Å². The highest BCUT2D eigenvalue weighted by molar-refractivity contribution is 6.18. The minimum atomic E-state index is -1.21. The number of halogens is 2. The molecule has 1 aromatic carbocycles. The molecule has 0 aliphatic heterocycles. The van der Waals surface area contributed by atoms with Crippen molar-refractivity contribution >= 4 is 46.8 Å². The fraction of sp³-hybridized carbons (Fsp3) is 0.429. The average Bonchev–Trinajstić information content (AvgIpc) is 2.48. The van der Waals surface area contributed by atoms with Gasteiger partial charge in [0.05, 0.1) is 12.8 Å². The standard InChI is InChI=1S/C14H18Cl2N2O5/c1-9-7-10(17(5-3-15)13(19)20)8-11(12(9)23-2)18(6-4-16)14(21)22/h7-8H,3-6H2,1-2H3,(H,19,20)(H,21,22). The predicted molar refractivity (Wildman–Crippen MR) is 89.9 cm³/mol. The summed E-state index contributed by atoms with van der Waals surface area (Å²) in [5.74, 6) is 0.539. The van der Waals surface area contributed by atoms with Gasteiger partial charge in [-0.3, -0.25) is 9.80 Å². The molecule has 0 unspecified atom stereocenters. The quantitative estimate of drug-likeness (QED) is 0.723. The van der Waals surface area contributed by atoms with Crippen LogP contribution in [0, 0.1) is 6.92 Å². The minimum Gasteiger partial charge on any atom is -0.494 e. The number of ether oxygens (including phenoxy) is 1. The van der Waals surface area contributed by atoms with E-state index in [-0.39, 0.29) is 30.5 Å². The molecule has 2 amide bonds. The zero-order valence-corrected chi connectivity index (χ0v) is 14.3. The SMILES string of the molecule is COc1c(C)cc(N(CCCl)C(=O)O)cc1N(CCCl)C(=O)O. The summed E-state index contributed by atoms with van der Waals surface area (Å²) >= 11 is 11.3. The zero-order chi connectivity index (χ0) is 17.6. The lowest BCUT2D eigenvalue weighted by molar-refractivity contribution is 0.201. The molecule has 1 rings (SSSR count). The van der Waals surface area contributed by atoms with Crippen LogP contribution >= 0.6 is 23.2 Å². The maximum Gasteiger partial charge on any atom is 0.411 e. The maximum absolute atomic E-state index is 11.5. The molecular weight excluding hydrogens is 347 g/mol. The third-order valence-electron chi connectivity index (χ3n) is 3.12. The molecular formula is C14H18Cl2N2O5. The van der Waals surface area contributed by atoms with Gasteiger partial charge in [0.15, 0.2) is 0 Å². The number of carbonyl (C=O) groups is 2. The molecule has 0 atom stereocenters. The summed E-state index contributed by atoms with van der Waals surface area (Å²) < 4.78 is 5.27. The lowest BCUT2D eigenvalue weighted by atomic mass is 10.1. The molecule has 0 aromatic heterocycles. The fourth-order valence-corrected chi connectivity index (χ4v) is 2.52. The first-order valence-corrected chi connectivity index (χ1v) is 7.75. The van der Waals surface area contributed by atoms with Crippen LogP contribution in [-0.4, -0.2) is 54.4 Å². The van der Waals surface area contributed by atoms with Crippen LogP contribution < -0.4 is 14.5 Å². The van der Waals surface area contributed by atoms with Crippen molar-refractivity contribution in [1.82, 2.24) is 0 Å². The third kappa shape index (κ3) is 4.56. The summed E-state index contributed by atoms with van der Waals surface area (Å²) in [6.07, 6.45) is -2.39. The molecule has 0 heterocycles. The van der Waals surface area contributed by atoms with Crippen molar-refractivity contribution in [3.05, 3.63) is 17.7 Å². The molecule has 0 saturated heterocycles. The number of anilines is 2. The Balaban J connectivity index is 3.48. The summed E-state index contributed by atoms with van der Waals surface area (Å²) in [5.41, 5.74) is 1.14. The number of methoxy groups -OCH3 is 1. The van der Waals surface area contributed by atoms with Gasteiger partial charge in [0.25, 0.3) is 0 Å².